The molecular formula is C12H20. The van der Waals surface area contributed by atoms with Gasteiger partial charge in [0.25, 0.3) is 0 Å². The highest BCUT2D eigenvalue weighted by molar-refractivity contribution is 5.08. The molecular weight excluding hydrogens is 144 g/mol. The summed E-state index contributed by atoms with van der Waals surface area (Å²) in [5.41, 5.74) is 0. The first-order valence-corrected chi connectivity index (χ1v) is 4.86. The molecule has 0 aromatic carbocycles. The molecule has 0 nitrogen and oxygen atoms in total. The lowest BCUT2D eigenvalue weighted by molar-refractivity contribution is 0.674. The number of unbranched alkanes of at least 4 members (excludes halogenated alkanes) is 4. The fourth-order valence-corrected chi connectivity index (χ4v) is 1.01. The van der Waals surface area contributed by atoms with E-state index < -0.39 is 0 Å². The summed E-state index contributed by atoms with van der Waals surface area (Å²) < 4.78 is 0. The third-order valence-electron chi connectivity index (χ3n) is 1.72. The lowest BCUT2D eigenvalue weighted by Crippen LogP contribution is -1.72. The van der Waals surface area contributed by atoms with Crippen LogP contribution in [0.15, 0.2) is 37.0 Å². The Hall–Kier alpha value is -0.780. The smallest absolute Gasteiger partial charge is 0.0348 e. The molecule has 0 aliphatic rings. The van der Waals surface area contributed by atoms with Crippen molar-refractivity contribution in [3.8, 4) is 0 Å². The standard InChI is InChI=1S/C12H20/c1-3-5-7-9-11-12-10-8-6-4-2/h3,5,7,9,11H,1,4,6,8,10,12H2,2H3/b7-5?,11-9+. The van der Waals surface area contributed by atoms with Crippen LogP contribution in [0.25, 0.3) is 0 Å². The van der Waals surface area contributed by atoms with Gasteiger partial charge in [-0.3, -0.25) is 0 Å². The van der Waals surface area contributed by atoms with E-state index in [1.165, 1.54) is 32.1 Å². The summed E-state index contributed by atoms with van der Waals surface area (Å²) in [7, 11) is 0. The van der Waals surface area contributed by atoms with Crippen molar-refractivity contribution in [3.05, 3.63) is 37.0 Å². The molecule has 0 atom stereocenters. The van der Waals surface area contributed by atoms with Gasteiger partial charge in [0.05, 0.1) is 0 Å². The molecule has 0 spiro atoms. The summed E-state index contributed by atoms with van der Waals surface area (Å²) >= 11 is 0. The molecule has 0 amide bonds. The molecule has 0 bridgehead atoms. The van der Waals surface area contributed by atoms with E-state index in [-0.39, 0.29) is 0 Å². The number of hydrogen-bond donors (Lipinski definition) is 0. The zero-order valence-electron chi connectivity index (χ0n) is 8.13. The third-order valence-corrected chi connectivity index (χ3v) is 1.72. The summed E-state index contributed by atoms with van der Waals surface area (Å²) in [6.07, 6.45) is 16.7. The summed E-state index contributed by atoms with van der Waals surface area (Å²) in [6.45, 7) is 5.84. The third kappa shape index (κ3) is 9.22. The molecule has 68 valence electrons. The fourth-order valence-electron chi connectivity index (χ4n) is 1.01. The number of allylic oxidation sites excluding steroid dienone is 5. The topological polar surface area (TPSA) is 0 Å². The van der Waals surface area contributed by atoms with Crippen LogP contribution in [0, 0.1) is 0 Å². The minimum Gasteiger partial charge on any atom is -0.0991 e. The molecule has 0 fully saturated rings. The van der Waals surface area contributed by atoms with Crippen LogP contribution in [-0.2, 0) is 0 Å². The van der Waals surface area contributed by atoms with Gasteiger partial charge in [-0.1, -0.05) is 63.1 Å². The summed E-state index contributed by atoms with van der Waals surface area (Å²) in [5.74, 6) is 0. The monoisotopic (exact) mass is 164 g/mol. The van der Waals surface area contributed by atoms with Crippen molar-refractivity contribution in [2.75, 3.05) is 0 Å². The minimum atomic E-state index is 1.21. The Morgan fingerprint density at radius 2 is 1.83 bits per heavy atom. The Morgan fingerprint density at radius 3 is 2.50 bits per heavy atom. The molecule has 0 heterocycles. The molecule has 0 aromatic heterocycles. The van der Waals surface area contributed by atoms with Crippen molar-refractivity contribution in [2.45, 2.75) is 39.0 Å². The normalized spacial score (nSPS) is 11.4. The Labute approximate surface area is 76.7 Å². The zero-order valence-corrected chi connectivity index (χ0v) is 8.13. The largest absolute Gasteiger partial charge is 0.0991 e. The van der Waals surface area contributed by atoms with E-state index in [1.807, 2.05) is 12.2 Å². The van der Waals surface area contributed by atoms with Gasteiger partial charge in [-0.15, -0.1) is 0 Å². The van der Waals surface area contributed by atoms with Crippen molar-refractivity contribution in [1.29, 1.82) is 0 Å². The lowest BCUT2D eigenvalue weighted by Gasteiger charge is -1.92. The molecule has 0 aliphatic carbocycles. The maximum absolute atomic E-state index is 3.60. The van der Waals surface area contributed by atoms with E-state index in [1.54, 1.807) is 6.08 Å². The molecule has 0 N–H and O–H groups in total. The molecule has 0 rings (SSSR count). The molecule has 12 heavy (non-hydrogen) atoms. The van der Waals surface area contributed by atoms with Gasteiger partial charge in [0.15, 0.2) is 0 Å². The molecule has 0 aliphatic heterocycles. The molecule has 0 heteroatoms. The van der Waals surface area contributed by atoms with E-state index in [0.717, 1.165) is 0 Å². The first kappa shape index (κ1) is 11.2. The second-order valence-electron chi connectivity index (χ2n) is 2.90. The van der Waals surface area contributed by atoms with Crippen LogP contribution in [0.1, 0.15) is 39.0 Å². The van der Waals surface area contributed by atoms with Crippen LogP contribution < -0.4 is 0 Å². The van der Waals surface area contributed by atoms with Crippen LogP contribution in [0.5, 0.6) is 0 Å². The Balaban J connectivity index is 3.13. The van der Waals surface area contributed by atoms with Crippen LogP contribution in [0.4, 0.5) is 0 Å². The fraction of sp³-hybridized carbons (Fsp3) is 0.500. The van der Waals surface area contributed by atoms with Gasteiger partial charge in [0.2, 0.25) is 0 Å². The maximum atomic E-state index is 3.60. The Bertz CT molecular complexity index is 140. The summed E-state index contributed by atoms with van der Waals surface area (Å²) in [6, 6.07) is 0. The van der Waals surface area contributed by atoms with Gasteiger partial charge in [-0.25, -0.2) is 0 Å². The summed E-state index contributed by atoms with van der Waals surface area (Å²) in [5, 5.41) is 0. The van der Waals surface area contributed by atoms with Gasteiger partial charge >= 0.3 is 0 Å². The van der Waals surface area contributed by atoms with Crippen LogP contribution in [0.2, 0.25) is 0 Å². The van der Waals surface area contributed by atoms with Crippen molar-refractivity contribution in [1.82, 2.24) is 0 Å². The predicted molar refractivity (Wildman–Crippen MR) is 57.2 cm³/mol. The van der Waals surface area contributed by atoms with Gasteiger partial charge in [0, 0.05) is 0 Å². The van der Waals surface area contributed by atoms with Crippen molar-refractivity contribution < 1.29 is 0 Å². The van der Waals surface area contributed by atoms with E-state index in [4.69, 9.17) is 0 Å². The molecule has 0 radical (unpaired) electrons. The van der Waals surface area contributed by atoms with E-state index in [2.05, 4.69) is 25.7 Å². The first-order valence-electron chi connectivity index (χ1n) is 4.86. The quantitative estimate of drug-likeness (QED) is 0.389. The van der Waals surface area contributed by atoms with Crippen molar-refractivity contribution in [3.63, 3.8) is 0 Å². The SMILES string of the molecule is C=CC=C/C=C/CCCCCC. The molecule has 0 aromatic rings. The van der Waals surface area contributed by atoms with Crippen molar-refractivity contribution >= 4 is 0 Å². The van der Waals surface area contributed by atoms with Gasteiger partial charge in [-0.2, -0.15) is 0 Å². The van der Waals surface area contributed by atoms with Gasteiger partial charge in [-0.05, 0) is 12.8 Å². The van der Waals surface area contributed by atoms with E-state index in [0.29, 0.717) is 0 Å². The zero-order chi connectivity index (χ0) is 9.07. The van der Waals surface area contributed by atoms with Crippen LogP contribution in [0.3, 0.4) is 0 Å². The van der Waals surface area contributed by atoms with Crippen molar-refractivity contribution in [2.24, 2.45) is 0 Å². The lowest BCUT2D eigenvalue weighted by atomic mass is 10.1. The van der Waals surface area contributed by atoms with E-state index in [9.17, 15) is 0 Å². The highest BCUT2D eigenvalue weighted by atomic mass is 13.9. The maximum Gasteiger partial charge on any atom is -0.0348 e. The second kappa shape index (κ2) is 10.2. The molecule has 0 saturated carbocycles. The van der Waals surface area contributed by atoms with E-state index >= 15 is 0 Å². The average molecular weight is 164 g/mol. The average Bonchev–Trinajstić information content (AvgIpc) is 2.10. The highest BCUT2D eigenvalue weighted by Gasteiger charge is 1.82. The highest BCUT2D eigenvalue weighted by Crippen LogP contribution is 2.02. The molecule has 0 saturated heterocycles. The van der Waals surface area contributed by atoms with Gasteiger partial charge < -0.3 is 0 Å². The number of rotatable bonds is 7. The molecule has 0 unspecified atom stereocenters. The van der Waals surface area contributed by atoms with Crippen LogP contribution in [-0.4, -0.2) is 0 Å². The minimum absolute atomic E-state index is 1.21. The van der Waals surface area contributed by atoms with Crippen LogP contribution >= 0.6 is 0 Å². The predicted octanol–water partition coefficient (Wildman–Crippen LogP) is 4.26. The summed E-state index contributed by atoms with van der Waals surface area (Å²) in [4.78, 5) is 0. The first-order chi connectivity index (χ1) is 5.91. The number of hydrogen-bond acceptors (Lipinski definition) is 0. The second-order valence-corrected chi connectivity index (χ2v) is 2.90. The Morgan fingerprint density at radius 1 is 1.00 bits per heavy atom. The van der Waals surface area contributed by atoms with Gasteiger partial charge in [0.1, 0.15) is 0 Å². The Kier molecular flexibility index (Phi) is 9.56.